The molecule has 2 aliphatic heterocycles. The van der Waals surface area contributed by atoms with E-state index in [-0.39, 0.29) is 5.91 Å². The van der Waals surface area contributed by atoms with Crippen LogP contribution >= 0.6 is 0 Å². The number of nitrogens with zero attached hydrogens (tertiary/aromatic N) is 1. The van der Waals surface area contributed by atoms with Crippen LogP contribution in [-0.4, -0.2) is 15.9 Å². The third kappa shape index (κ3) is 1.66. The third-order valence-electron chi connectivity index (χ3n) is 6.20. The first-order valence-corrected chi connectivity index (χ1v) is 9.44. The minimum atomic E-state index is -0.967. The van der Waals surface area contributed by atoms with Gasteiger partial charge in [-0.2, -0.15) is 0 Å². The molecule has 1 aliphatic carbocycles. The van der Waals surface area contributed by atoms with Crippen LogP contribution in [0, 0.1) is 0 Å². The Morgan fingerprint density at radius 1 is 0.750 bits per heavy atom. The monoisotopic (exact) mass is 363 g/mol. The Morgan fingerprint density at radius 3 is 2.18 bits per heavy atom. The number of carbonyl (C=O) groups excluding carboxylic acids is 1. The van der Waals surface area contributed by atoms with Crippen molar-refractivity contribution in [3.63, 3.8) is 0 Å². The molecule has 134 valence electrons. The summed E-state index contributed by atoms with van der Waals surface area (Å²) in [6.45, 7) is 0. The van der Waals surface area contributed by atoms with Gasteiger partial charge in [-0.1, -0.05) is 78.9 Å². The number of aliphatic hydroxyl groups is 1. The lowest BCUT2D eigenvalue weighted by Gasteiger charge is -2.45. The second kappa shape index (κ2) is 5.31. The first kappa shape index (κ1) is 15.6. The smallest absolute Gasteiger partial charge is 0.260 e. The second-order valence-electron chi connectivity index (χ2n) is 7.44. The van der Waals surface area contributed by atoms with Crippen molar-refractivity contribution in [2.45, 2.75) is 11.6 Å². The lowest BCUT2D eigenvalue weighted by atomic mass is 9.77. The van der Waals surface area contributed by atoms with Gasteiger partial charge in [-0.3, -0.25) is 9.69 Å². The van der Waals surface area contributed by atoms with E-state index in [0.717, 1.165) is 33.5 Å². The van der Waals surface area contributed by atoms with Crippen LogP contribution in [0.5, 0.6) is 0 Å². The normalized spacial score (nSPS) is 24.1. The molecule has 0 bridgehead atoms. The van der Waals surface area contributed by atoms with Gasteiger partial charge in [0.1, 0.15) is 11.6 Å². The molecule has 0 aromatic heterocycles. The summed E-state index contributed by atoms with van der Waals surface area (Å²) in [5, 5.41) is 11.7. The zero-order valence-corrected chi connectivity index (χ0v) is 15.0. The summed E-state index contributed by atoms with van der Waals surface area (Å²) in [4.78, 5) is 15.4. The Hall–Kier alpha value is -3.43. The van der Waals surface area contributed by atoms with Gasteiger partial charge in [-0.05, 0) is 34.4 Å². The molecule has 0 saturated carbocycles. The van der Waals surface area contributed by atoms with E-state index in [0.29, 0.717) is 5.56 Å². The van der Waals surface area contributed by atoms with Gasteiger partial charge in [-0.25, -0.2) is 0 Å². The van der Waals surface area contributed by atoms with Crippen LogP contribution in [0.15, 0.2) is 91.0 Å². The first-order valence-electron chi connectivity index (χ1n) is 9.44. The Morgan fingerprint density at radius 2 is 1.39 bits per heavy atom. The number of carbonyl (C=O) groups is 1. The molecule has 0 radical (unpaired) electrons. The fourth-order valence-corrected chi connectivity index (χ4v) is 5.07. The average Bonchev–Trinajstić information content (AvgIpc) is 3.20. The number of benzene rings is 3. The van der Waals surface area contributed by atoms with Crippen LogP contribution in [0.2, 0.25) is 0 Å². The van der Waals surface area contributed by atoms with E-state index >= 15 is 0 Å². The molecule has 3 heteroatoms. The lowest BCUT2D eigenvalue weighted by molar-refractivity contribution is 0.0337. The molecule has 0 unspecified atom stereocenters. The summed E-state index contributed by atoms with van der Waals surface area (Å²) < 4.78 is 0. The molecule has 0 saturated heterocycles. The van der Waals surface area contributed by atoms with Gasteiger partial charge >= 0.3 is 0 Å². The van der Waals surface area contributed by atoms with Gasteiger partial charge in [0.15, 0.2) is 0 Å². The largest absolute Gasteiger partial charge is 0.385 e. The van der Waals surface area contributed by atoms with Crippen LogP contribution in [0.3, 0.4) is 0 Å². The molecule has 3 aromatic rings. The molecule has 2 atom stereocenters. The van der Waals surface area contributed by atoms with E-state index in [9.17, 15) is 9.90 Å². The maximum absolute atomic E-state index is 13.6. The van der Waals surface area contributed by atoms with E-state index in [2.05, 4.69) is 6.08 Å². The number of allylic oxidation sites excluding steroid dienone is 2. The maximum atomic E-state index is 13.6. The van der Waals surface area contributed by atoms with Crippen molar-refractivity contribution >= 4 is 17.2 Å². The van der Waals surface area contributed by atoms with Crippen molar-refractivity contribution in [1.29, 1.82) is 0 Å². The zero-order chi connectivity index (χ0) is 18.9. The Labute approximate surface area is 162 Å². The number of hydrogen-bond acceptors (Lipinski definition) is 2. The van der Waals surface area contributed by atoms with E-state index in [1.165, 1.54) is 0 Å². The van der Waals surface area contributed by atoms with Crippen molar-refractivity contribution in [3.05, 3.63) is 119 Å². The number of rotatable bonds is 1. The van der Waals surface area contributed by atoms with Crippen molar-refractivity contribution in [1.82, 2.24) is 4.90 Å². The summed E-state index contributed by atoms with van der Waals surface area (Å²) in [7, 11) is 0. The number of fused-ring (bicyclic) bond motifs is 7. The third-order valence-corrected chi connectivity index (χ3v) is 6.20. The van der Waals surface area contributed by atoms with E-state index in [1.807, 2.05) is 89.8 Å². The summed E-state index contributed by atoms with van der Waals surface area (Å²) in [6.07, 6.45) is 3.23. The average molecular weight is 363 g/mol. The van der Waals surface area contributed by atoms with Crippen LogP contribution < -0.4 is 0 Å². The summed E-state index contributed by atoms with van der Waals surface area (Å²) in [6, 6.07) is 25.5. The minimum absolute atomic E-state index is 0.0665. The Bertz CT molecular complexity index is 1210. The molecule has 28 heavy (non-hydrogen) atoms. The fourth-order valence-electron chi connectivity index (χ4n) is 5.07. The summed E-state index contributed by atoms with van der Waals surface area (Å²) in [5.74, 6) is -0.0665. The van der Waals surface area contributed by atoms with Crippen molar-refractivity contribution in [2.75, 3.05) is 0 Å². The highest BCUT2D eigenvalue weighted by Crippen LogP contribution is 2.62. The van der Waals surface area contributed by atoms with Crippen molar-refractivity contribution in [3.8, 4) is 0 Å². The molecule has 3 aliphatic rings. The lowest BCUT2D eigenvalue weighted by Crippen LogP contribution is -2.49. The first-order chi connectivity index (χ1) is 13.7. The highest BCUT2D eigenvalue weighted by atomic mass is 16.3. The molecular formula is C25H17NO2. The van der Waals surface area contributed by atoms with E-state index < -0.39 is 11.6 Å². The fraction of sp³-hybridized carbons (Fsp3) is 0.0800. The Balaban J connectivity index is 1.72. The van der Waals surface area contributed by atoms with E-state index in [4.69, 9.17) is 0 Å². The SMILES string of the molecule is O=C1c2ccccc2C2=CC=C3c4ccccc4[C@H](O)[C@@]3(c3ccccc3)N12. The summed E-state index contributed by atoms with van der Waals surface area (Å²) in [5.41, 5.74) is 5.21. The standard InChI is InChI=1S/C25H17NO2/c27-23-19-12-6-4-10-17(19)21-14-15-22-18-11-5-7-13-20(18)24(28)26(22)25(21,23)16-8-2-1-3-9-16/h1-15,23,27H/t23-,25-/m0/s1. The zero-order valence-electron chi connectivity index (χ0n) is 15.0. The predicted molar refractivity (Wildman–Crippen MR) is 108 cm³/mol. The maximum Gasteiger partial charge on any atom is 0.260 e. The number of aliphatic hydroxyl groups excluding tert-OH is 1. The molecule has 1 N–H and O–H groups in total. The van der Waals surface area contributed by atoms with E-state index in [1.54, 1.807) is 0 Å². The van der Waals surface area contributed by atoms with Gasteiger partial charge in [0, 0.05) is 11.1 Å². The Kier molecular flexibility index (Phi) is 2.96. The van der Waals surface area contributed by atoms with Crippen LogP contribution in [0.25, 0.3) is 11.3 Å². The van der Waals surface area contributed by atoms with Gasteiger partial charge in [0.05, 0.1) is 5.70 Å². The van der Waals surface area contributed by atoms with Gasteiger partial charge in [0.25, 0.3) is 5.91 Å². The predicted octanol–water partition coefficient (Wildman–Crippen LogP) is 4.52. The highest BCUT2D eigenvalue weighted by molar-refractivity contribution is 6.13. The summed E-state index contributed by atoms with van der Waals surface area (Å²) >= 11 is 0. The molecule has 2 heterocycles. The van der Waals surface area contributed by atoms with Gasteiger partial charge in [-0.15, -0.1) is 0 Å². The highest BCUT2D eigenvalue weighted by Gasteiger charge is 2.59. The van der Waals surface area contributed by atoms with Crippen LogP contribution in [0.1, 0.15) is 38.7 Å². The van der Waals surface area contributed by atoms with Crippen molar-refractivity contribution < 1.29 is 9.90 Å². The topological polar surface area (TPSA) is 40.5 Å². The van der Waals surface area contributed by atoms with Crippen LogP contribution in [0.4, 0.5) is 0 Å². The molecular weight excluding hydrogens is 346 g/mol. The number of amides is 1. The van der Waals surface area contributed by atoms with Gasteiger partial charge < -0.3 is 5.11 Å². The van der Waals surface area contributed by atoms with Gasteiger partial charge in [0.2, 0.25) is 0 Å². The molecule has 6 rings (SSSR count). The quantitative estimate of drug-likeness (QED) is 0.690. The molecule has 3 aromatic carbocycles. The molecule has 0 fully saturated rings. The molecule has 0 spiro atoms. The second-order valence-corrected chi connectivity index (χ2v) is 7.44. The molecule has 3 nitrogen and oxygen atoms in total. The minimum Gasteiger partial charge on any atom is -0.385 e. The van der Waals surface area contributed by atoms with Crippen molar-refractivity contribution in [2.24, 2.45) is 0 Å². The molecule has 1 amide bonds. The van der Waals surface area contributed by atoms with Crippen LogP contribution in [-0.2, 0) is 5.54 Å². The number of hydrogen-bond donors (Lipinski definition) is 1.